The van der Waals surface area contributed by atoms with Crippen LogP contribution in [0.25, 0.3) is 0 Å². The average Bonchev–Trinajstić information content (AvgIpc) is 2.72. The van der Waals surface area contributed by atoms with Crippen molar-refractivity contribution in [3.8, 4) is 0 Å². The fourth-order valence-electron chi connectivity index (χ4n) is 4.67. The monoisotopic (exact) mass is 408 g/mol. The Kier molecular flexibility index (Phi) is 6.76. The molecule has 0 aliphatic carbocycles. The zero-order valence-electron chi connectivity index (χ0n) is 18.0. The zero-order chi connectivity index (χ0) is 21.2. The molecular weight excluding hydrogens is 374 g/mol. The minimum atomic E-state index is -2.71. The Balaban J connectivity index is 1.67. The van der Waals surface area contributed by atoms with E-state index in [-0.39, 0.29) is 11.4 Å². The number of alkyl halides is 2. The van der Waals surface area contributed by atoms with Crippen molar-refractivity contribution in [2.75, 3.05) is 38.1 Å². The first-order chi connectivity index (χ1) is 13.7. The third-order valence-corrected chi connectivity index (χ3v) is 6.57. The van der Waals surface area contributed by atoms with E-state index in [2.05, 4.69) is 36.0 Å². The molecular formula is C22H34F2N4O. The number of anilines is 1. The highest BCUT2D eigenvalue weighted by Gasteiger charge is 2.34. The highest BCUT2D eigenvalue weighted by molar-refractivity contribution is 5.92. The largest absolute Gasteiger partial charge is 0.370 e. The summed E-state index contributed by atoms with van der Waals surface area (Å²) >= 11 is 0. The summed E-state index contributed by atoms with van der Waals surface area (Å²) in [6, 6.07) is 3.67. The van der Waals surface area contributed by atoms with Crippen LogP contribution < -0.4 is 10.2 Å². The molecule has 2 fully saturated rings. The summed E-state index contributed by atoms with van der Waals surface area (Å²) < 4.78 is 27.2. The molecule has 0 aromatic carbocycles. The number of pyridine rings is 1. The number of aromatic nitrogens is 1. The van der Waals surface area contributed by atoms with Crippen LogP contribution >= 0.6 is 0 Å². The van der Waals surface area contributed by atoms with Crippen LogP contribution in [0.5, 0.6) is 0 Å². The lowest BCUT2D eigenvalue weighted by molar-refractivity contribution is 0.0592. The number of carbonyl (C=O) groups is 1. The van der Waals surface area contributed by atoms with Crippen LogP contribution in [-0.4, -0.2) is 55.1 Å². The second kappa shape index (κ2) is 8.94. The number of hydrogen-bond acceptors (Lipinski definition) is 4. The first-order valence-corrected chi connectivity index (χ1v) is 10.7. The van der Waals surface area contributed by atoms with Gasteiger partial charge in [-0.25, -0.2) is 13.8 Å². The maximum Gasteiger partial charge on any atom is 0.282 e. The third-order valence-electron chi connectivity index (χ3n) is 6.57. The van der Waals surface area contributed by atoms with Crippen LogP contribution in [0.1, 0.15) is 69.1 Å². The van der Waals surface area contributed by atoms with Crippen LogP contribution in [0.2, 0.25) is 0 Å². The molecule has 29 heavy (non-hydrogen) atoms. The van der Waals surface area contributed by atoms with Crippen molar-refractivity contribution >= 4 is 11.6 Å². The van der Waals surface area contributed by atoms with Gasteiger partial charge < -0.3 is 10.2 Å². The van der Waals surface area contributed by atoms with Gasteiger partial charge in [-0.15, -0.1) is 0 Å². The molecule has 0 radical (unpaired) electrons. The summed E-state index contributed by atoms with van der Waals surface area (Å²) in [5.41, 5.74) is 0.514. The molecule has 1 aromatic heterocycles. The number of hydrogen-bond donors (Lipinski definition) is 1. The zero-order valence-corrected chi connectivity index (χ0v) is 18.0. The lowest BCUT2D eigenvalue weighted by Gasteiger charge is -2.45. The van der Waals surface area contributed by atoms with E-state index >= 15 is 0 Å². The van der Waals surface area contributed by atoms with Crippen molar-refractivity contribution < 1.29 is 13.6 Å². The van der Waals surface area contributed by atoms with Crippen molar-refractivity contribution in [3.05, 3.63) is 23.5 Å². The number of halogens is 2. The number of likely N-dealkylation sites (tertiary alicyclic amines) is 1. The van der Waals surface area contributed by atoms with Crippen LogP contribution in [0, 0.1) is 11.3 Å². The highest BCUT2D eigenvalue weighted by Crippen LogP contribution is 2.36. The first-order valence-electron chi connectivity index (χ1n) is 10.7. The molecule has 2 aliphatic heterocycles. The quantitative estimate of drug-likeness (QED) is 0.815. The van der Waals surface area contributed by atoms with Gasteiger partial charge in [0.1, 0.15) is 11.4 Å². The van der Waals surface area contributed by atoms with E-state index in [1.165, 1.54) is 26.0 Å². The van der Waals surface area contributed by atoms with Gasteiger partial charge in [0.05, 0.1) is 5.69 Å². The van der Waals surface area contributed by atoms with E-state index in [9.17, 15) is 13.6 Å². The van der Waals surface area contributed by atoms with Crippen molar-refractivity contribution in [1.82, 2.24) is 15.2 Å². The van der Waals surface area contributed by atoms with E-state index in [0.29, 0.717) is 23.1 Å². The number of amides is 1. The molecule has 7 heteroatoms. The molecule has 0 spiro atoms. The third kappa shape index (κ3) is 5.05. The second-order valence-corrected chi connectivity index (χ2v) is 9.40. The van der Waals surface area contributed by atoms with Gasteiger partial charge in [0.25, 0.3) is 12.3 Å². The molecule has 1 atom stereocenters. The van der Waals surface area contributed by atoms with Crippen molar-refractivity contribution in [3.63, 3.8) is 0 Å². The van der Waals surface area contributed by atoms with Gasteiger partial charge in [0, 0.05) is 32.7 Å². The normalized spacial score (nSPS) is 22.2. The van der Waals surface area contributed by atoms with Gasteiger partial charge in [0.2, 0.25) is 0 Å². The van der Waals surface area contributed by atoms with E-state index in [1.54, 1.807) is 6.07 Å². The Hall–Kier alpha value is -1.76. The van der Waals surface area contributed by atoms with E-state index < -0.39 is 12.3 Å². The first kappa shape index (κ1) is 21.9. The molecule has 0 saturated carbocycles. The molecule has 3 rings (SSSR count). The standard InChI is InChI=1S/C22H34F2N4O/c1-22(2,3)15-6-5-11-28(14-15)16-9-12-27(13-10-16)18-8-7-17(21(29)25-4)26-19(18)20(23)24/h7-8,15-16,20H,5-6,9-14H2,1-4H3,(H,25,29). The number of carbonyl (C=O) groups excluding carboxylic acids is 1. The highest BCUT2D eigenvalue weighted by atomic mass is 19.3. The van der Waals surface area contributed by atoms with E-state index in [0.717, 1.165) is 39.0 Å². The van der Waals surface area contributed by atoms with Crippen molar-refractivity contribution in [1.29, 1.82) is 0 Å². The Morgan fingerprint density at radius 1 is 1.17 bits per heavy atom. The van der Waals surface area contributed by atoms with Gasteiger partial charge in [-0.2, -0.15) is 0 Å². The molecule has 1 unspecified atom stereocenters. The van der Waals surface area contributed by atoms with Crippen molar-refractivity contribution in [2.24, 2.45) is 11.3 Å². The summed E-state index contributed by atoms with van der Waals surface area (Å²) in [5, 5.41) is 2.44. The SMILES string of the molecule is CNC(=O)c1ccc(N2CCC(N3CCCC(C(C)(C)C)C3)CC2)c(C(F)F)n1. The lowest BCUT2D eigenvalue weighted by atomic mass is 9.76. The number of nitrogens with zero attached hydrogens (tertiary/aromatic N) is 3. The van der Waals surface area contributed by atoms with Gasteiger partial charge in [-0.3, -0.25) is 9.69 Å². The lowest BCUT2D eigenvalue weighted by Crippen LogP contribution is -2.50. The molecule has 5 nitrogen and oxygen atoms in total. The fraction of sp³-hybridized carbons (Fsp3) is 0.727. The number of piperidine rings is 2. The summed E-state index contributed by atoms with van der Waals surface area (Å²) in [7, 11) is 1.47. The smallest absolute Gasteiger partial charge is 0.282 e. The topological polar surface area (TPSA) is 48.5 Å². The molecule has 1 aromatic rings. The summed E-state index contributed by atoms with van der Waals surface area (Å²) in [6.45, 7) is 10.7. The van der Waals surface area contributed by atoms with Crippen LogP contribution in [-0.2, 0) is 0 Å². The number of nitrogens with one attached hydrogen (secondary N) is 1. The Bertz CT molecular complexity index is 711. The second-order valence-electron chi connectivity index (χ2n) is 9.40. The Morgan fingerprint density at radius 2 is 1.86 bits per heavy atom. The van der Waals surface area contributed by atoms with Crippen LogP contribution in [0.3, 0.4) is 0 Å². The van der Waals surface area contributed by atoms with Crippen molar-refractivity contribution in [2.45, 2.75) is 58.9 Å². The predicted octanol–water partition coefficient (Wildman–Crippen LogP) is 4.11. The maximum atomic E-state index is 13.6. The van der Waals surface area contributed by atoms with Gasteiger partial charge >= 0.3 is 0 Å². The summed E-state index contributed by atoms with van der Waals surface area (Å²) in [6.07, 6.45) is 1.76. The minimum Gasteiger partial charge on any atom is -0.370 e. The Morgan fingerprint density at radius 3 is 2.45 bits per heavy atom. The minimum absolute atomic E-state index is 0.0305. The average molecular weight is 409 g/mol. The predicted molar refractivity (Wildman–Crippen MR) is 112 cm³/mol. The maximum absolute atomic E-state index is 13.6. The molecule has 2 aliphatic rings. The molecule has 0 bridgehead atoms. The number of rotatable bonds is 4. The molecule has 3 heterocycles. The summed E-state index contributed by atoms with van der Waals surface area (Å²) in [4.78, 5) is 20.3. The van der Waals surface area contributed by atoms with Gasteiger partial charge in [-0.1, -0.05) is 20.8 Å². The van der Waals surface area contributed by atoms with Crippen LogP contribution in [0.4, 0.5) is 14.5 Å². The van der Waals surface area contributed by atoms with Gasteiger partial charge in [-0.05, 0) is 55.7 Å². The Labute approximate surface area is 172 Å². The summed E-state index contributed by atoms with van der Waals surface area (Å²) in [5.74, 6) is 0.261. The molecule has 2 saturated heterocycles. The van der Waals surface area contributed by atoms with Crippen LogP contribution in [0.15, 0.2) is 12.1 Å². The van der Waals surface area contributed by atoms with E-state index in [1.807, 2.05) is 4.90 Å². The van der Waals surface area contributed by atoms with Gasteiger partial charge in [0.15, 0.2) is 0 Å². The molecule has 1 amide bonds. The fourth-order valence-corrected chi connectivity index (χ4v) is 4.67. The molecule has 162 valence electrons. The molecule has 1 N–H and O–H groups in total. The van der Waals surface area contributed by atoms with E-state index in [4.69, 9.17) is 0 Å².